The Labute approximate surface area is 125 Å². The van der Waals surface area contributed by atoms with Crippen molar-refractivity contribution >= 4 is 11.6 Å². The van der Waals surface area contributed by atoms with E-state index < -0.39 is 0 Å². The number of nitrogens with zero attached hydrogens (tertiary/aromatic N) is 5. The SMILES string of the molecule is OCCc1cn(Cc2noc(-c3ccccc3Cl)n2)nn1. The van der Waals surface area contributed by atoms with E-state index in [1.165, 1.54) is 0 Å². The van der Waals surface area contributed by atoms with Crippen LogP contribution in [-0.4, -0.2) is 36.8 Å². The molecular weight excluding hydrogens is 294 g/mol. The first-order chi connectivity index (χ1) is 10.3. The van der Waals surface area contributed by atoms with Crippen LogP contribution in [-0.2, 0) is 13.0 Å². The molecule has 7 nitrogen and oxygen atoms in total. The first-order valence-electron chi connectivity index (χ1n) is 6.33. The van der Waals surface area contributed by atoms with E-state index in [1.807, 2.05) is 18.2 Å². The lowest BCUT2D eigenvalue weighted by Crippen LogP contribution is -2.02. The molecule has 0 saturated heterocycles. The lowest BCUT2D eigenvalue weighted by atomic mass is 10.2. The number of hydrogen-bond donors (Lipinski definition) is 1. The van der Waals surface area contributed by atoms with Crippen LogP contribution in [0.15, 0.2) is 35.0 Å². The van der Waals surface area contributed by atoms with E-state index in [-0.39, 0.29) is 6.61 Å². The Balaban J connectivity index is 1.77. The molecule has 0 spiro atoms. The molecule has 3 aromatic rings. The van der Waals surface area contributed by atoms with Crippen molar-refractivity contribution in [2.75, 3.05) is 6.61 Å². The highest BCUT2D eigenvalue weighted by molar-refractivity contribution is 6.33. The quantitative estimate of drug-likeness (QED) is 0.769. The minimum Gasteiger partial charge on any atom is -0.396 e. The molecular formula is C13H12ClN5O2. The zero-order chi connectivity index (χ0) is 14.7. The van der Waals surface area contributed by atoms with Crippen LogP contribution in [0, 0.1) is 0 Å². The topological polar surface area (TPSA) is 89.9 Å². The zero-order valence-electron chi connectivity index (χ0n) is 11.0. The lowest BCUT2D eigenvalue weighted by Gasteiger charge is -1.96. The van der Waals surface area contributed by atoms with Gasteiger partial charge in [0.2, 0.25) is 0 Å². The van der Waals surface area contributed by atoms with Crippen LogP contribution in [0.2, 0.25) is 5.02 Å². The van der Waals surface area contributed by atoms with E-state index in [1.54, 1.807) is 16.9 Å². The molecule has 0 aliphatic rings. The molecule has 0 saturated carbocycles. The van der Waals surface area contributed by atoms with Crippen molar-refractivity contribution in [2.24, 2.45) is 0 Å². The fourth-order valence-electron chi connectivity index (χ4n) is 1.85. The second-order valence-electron chi connectivity index (χ2n) is 4.38. The highest BCUT2D eigenvalue weighted by atomic mass is 35.5. The van der Waals surface area contributed by atoms with Crippen LogP contribution in [0.1, 0.15) is 11.5 Å². The maximum atomic E-state index is 8.84. The average Bonchev–Trinajstić information content (AvgIpc) is 3.10. The second kappa shape index (κ2) is 6.02. The highest BCUT2D eigenvalue weighted by Gasteiger charge is 2.12. The summed E-state index contributed by atoms with van der Waals surface area (Å²) in [5, 5.41) is 21.2. The Kier molecular flexibility index (Phi) is 3.94. The van der Waals surface area contributed by atoms with Crippen molar-refractivity contribution in [3.05, 3.63) is 47.0 Å². The van der Waals surface area contributed by atoms with Gasteiger partial charge >= 0.3 is 0 Å². The monoisotopic (exact) mass is 305 g/mol. The van der Waals surface area contributed by atoms with Crippen LogP contribution in [0.3, 0.4) is 0 Å². The standard InChI is InChI=1S/C13H12ClN5O2/c14-11-4-2-1-3-10(11)13-15-12(17-21-13)8-19-7-9(5-6-20)16-18-19/h1-4,7,20H,5-6,8H2. The van der Waals surface area contributed by atoms with E-state index in [4.69, 9.17) is 21.2 Å². The van der Waals surface area contributed by atoms with Crippen molar-refractivity contribution in [3.63, 3.8) is 0 Å². The Hall–Kier alpha value is -2.25. The van der Waals surface area contributed by atoms with Gasteiger partial charge in [-0.25, -0.2) is 4.68 Å². The predicted octanol–water partition coefficient (Wildman–Crippen LogP) is 1.56. The highest BCUT2D eigenvalue weighted by Crippen LogP contribution is 2.25. The van der Waals surface area contributed by atoms with Crippen molar-refractivity contribution < 1.29 is 9.63 Å². The minimum atomic E-state index is 0.0392. The number of aliphatic hydroxyl groups excluding tert-OH is 1. The third kappa shape index (κ3) is 3.09. The molecule has 0 amide bonds. The van der Waals surface area contributed by atoms with Crippen LogP contribution in [0.5, 0.6) is 0 Å². The molecule has 1 aromatic carbocycles. The Morgan fingerprint density at radius 1 is 1.29 bits per heavy atom. The molecule has 108 valence electrons. The number of aromatic nitrogens is 5. The number of hydrogen-bond acceptors (Lipinski definition) is 6. The van der Waals surface area contributed by atoms with Crippen molar-refractivity contribution in [3.8, 4) is 11.5 Å². The second-order valence-corrected chi connectivity index (χ2v) is 4.78. The summed E-state index contributed by atoms with van der Waals surface area (Å²) >= 11 is 6.09. The smallest absolute Gasteiger partial charge is 0.259 e. The van der Waals surface area contributed by atoms with Crippen molar-refractivity contribution in [2.45, 2.75) is 13.0 Å². The van der Waals surface area contributed by atoms with E-state index in [2.05, 4.69) is 20.5 Å². The van der Waals surface area contributed by atoms with E-state index in [0.717, 1.165) is 0 Å². The summed E-state index contributed by atoms with van der Waals surface area (Å²) in [6.07, 6.45) is 2.21. The number of benzene rings is 1. The van der Waals surface area contributed by atoms with Gasteiger partial charge in [0.05, 0.1) is 16.3 Å². The molecule has 0 unspecified atom stereocenters. The normalized spacial score (nSPS) is 11.0. The Morgan fingerprint density at radius 2 is 2.14 bits per heavy atom. The Morgan fingerprint density at radius 3 is 2.95 bits per heavy atom. The molecule has 0 bridgehead atoms. The van der Waals surface area contributed by atoms with Crippen molar-refractivity contribution in [1.29, 1.82) is 0 Å². The van der Waals surface area contributed by atoms with Gasteiger partial charge in [-0.15, -0.1) is 5.10 Å². The molecule has 0 radical (unpaired) electrons. The average molecular weight is 306 g/mol. The molecule has 8 heteroatoms. The summed E-state index contributed by atoms with van der Waals surface area (Å²) in [7, 11) is 0. The summed E-state index contributed by atoms with van der Waals surface area (Å²) in [4.78, 5) is 4.29. The first-order valence-corrected chi connectivity index (χ1v) is 6.71. The molecule has 2 heterocycles. The van der Waals surface area contributed by atoms with Gasteiger partial charge in [-0.2, -0.15) is 4.98 Å². The van der Waals surface area contributed by atoms with Gasteiger partial charge in [0.25, 0.3) is 5.89 Å². The summed E-state index contributed by atoms with van der Waals surface area (Å²) in [6.45, 7) is 0.379. The summed E-state index contributed by atoms with van der Waals surface area (Å²) in [5.74, 6) is 0.844. The van der Waals surface area contributed by atoms with Crippen LogP contribution >= 0.6 is 11.6 Å². The van der Waals surface area contributed by atoms with Gasteiger partial charge in [-0.1, -0.05) is 34.1 Å². The molecule has 3 rings (SSSR count). The van der Waals surface area contributed by atoms with Crippen LogP contribution in [0.25, 0.3) is 11.5 Å². The summed E-state index contributed by atoms with van der Waals surface area (Å²) in [6, 6.07) is 7.26. The number of aliphatic hydroxyl groups is 1. The maximum Gasteiger partial charge on any atom is 0.259 e. The van der Waals surface area contributed by atoms with E-state index >= 15 is 0 Å². The molecule has 0 fully saturated rings. The first kappa shape index (κ1) is 13.7. The molecule has 21 heavy (non-hydrogen) atoms. The molecule has 0 atom stereocenters. The largest absolute Gasteiger partial charge is 0.396 e. The fourth-order valence-corrected chi connectivity index (χ4v) is 2.07. The van der Waals surface area contributed by atoms with Gasteiger partial charge in [0.1, 0.15) is 6.54 Å². The molecule has 0 aliphatic heterocycles. The third-order valence-corrected chi connectivity index (χ3v) is 3.16. The molecule has 1 N–H and O–H groups in total. The fraction of sp³-hybridized carbons (Fsp3) is 0.231. The van der Waals surface area contributed by atoms with Gasteiger partial charge in [0, 0.05) is 19.2 Å². The van der Waals surface area contributed by atoms with E-state index in [9.17, 15) is 0 Å². The molecule has 0 aliphatic carbocycles. The number of halogens is 1. The van der Waals surface area contributed by atoms with Gasteiger partial charge < -0.3 is 9.63 Å². The zero-order valence-corrected chi connectivity index (χ0v) is 11.7. The number of rotatable bonds is 5. The van der Waals surface area contributed by atoms with Gasteiger partial charge in [0.15, 0.2) is 5.82 Å². The third-order valence-electron chi connectivity index (χ3n) is 2.83. The molecule has 2 aromatic heterocycles. The summed E-state index contributed by atoms with van der Waals surface area (Å²) < 4.78 is 6.80. The minimum absolute atomic E-state index is 0.0392. The van der Waals surface area contributed by atoms with Crippen molar-refractivity contribution in [1.82, 2.24) is 25.1 Å². The Bertz CT molecular complexity index is 740. The predicted molar refractivity (Wildman–Crippen MR) is 74.7 cm³/mol. The maximum absolute atomic E-state index is 8.84. The van der Waals surface area contributed by atoms with E-state index in [0.29, 0.717) is 41.0 Å². The van der Waals surface area contributed by atoms with Gasteiger partial charge in [-0.3, -0.25) is 0 Å². The van der Waals surface area contributed by atoms with Gasteiger partial charge in [-0.05, 0) is 12.1 Å². The van der Waals surface area contributed by atoms with Crippen LogP contribution in [0.4, 0.5) is 0 Å². The summed E-state index contributed by atoms with van der Waals surface area (Å²) in [5.41, 5.74) is 1.41. The lowest BCUT2D eigenvalue weighted by molar-refractivity contribution is 0.298. The van der Waals surface area contributed by atoms with Crippen LogP contribution < -0.4 is 0 Å².